The normalized spacial score (nSPS) is 12.1. The number of carbonyl (C=O) groups excluding carboxylic acids is 1. The van der Waals surface area contributed by atoms with Crippen LogP contribution in [0.5, 0.6) is 0 Å². The molecule has 7 heteroatoms. The molecule has 0 saturated heterocycles. The Kier molecular flexibility index (Phi) is 4.16. The summed E-state index contributed by atoms with van der Waals surface area (Å²) in [5.74, 6) is 1.11. The van der Waals surface area contributed by atoms with E-state index < -0.39 is 0 Å². The highest BCUT2D eigenvalue weighted by Gasteiger charge is 2.18. The van der Waals surface area contributed by atoms with E-state index in [0.29, 0.717) is 16.6 Å². The summed E-state index contributed by atoms with van der Waals surface area (Å²) in [6, 6.07) is 10.4. The van der Waals surface area contributed by atoms with Gasteiger partial charge in [0, 0.05) is 12.6 Å². The van der Waals surface area contributed by atoms with Gasteiger partial charge >= 0.3 is 0 Å². The number of benzene rings is 1. The highest BCUT2D eigenvalue weighted by molar-refractivity contribution is 6.33. The lowest BCUT2D eigenvalue weighted by atomic mass is 10.2. The SMILES string of the molecule is C[C@H](NC(=O)c1ccc(-c2ccccc2Cl)o1)c1ncnn1C. The van der Waals surface area contributed by atoms with Gasteiger partial charge in [0.2, 0.25) is 0 Å². The molecule has 0 spiro atoms. The van der Waals surface area contributed by atoms with Crippen LogP contribution in [-0.2, 0) is 7.05 Å². The van der Waals surface area contributed by atoms with Gasteiger partial charge in [0.15, 0.2) is 5.76 Å². The van der Waals surface area contributed by atoms with Crippen LogP contribution < -0.4 is 5.32 Å². The van der Waals surface area contributed by atoms with Crippen molar-refractivity contribution in [2.75, 3.05) is 0 Å². The second-order valence-corrected chi connectivity index (χ2v) is 5.49. The molecule has 0 unspecified atom stereocenters. The van der Waals surface area contributed by atoms with Gasteiger partial charge in [0.1, 0.15) is 17.9 Å². The summed E-state index contributed by atoms with van der Waals surface area (Å²) >= 11 is 6.14. The van der Waals surface area contributed by atoms with E-state index in [4.69, 9.17) is 16.0 Å². The Morgan fingerprint density at radius 2 is 2.09 bits per heavy atom. The van der Waals surface area contributed by atoms with E-state index >= 15 is 0 Å². The Morgan fingerprint density at radius 3 is 2.78 bits per heavy atom. The lowest BCUT2D eigenvalue weighted by molar-refractivity contribution is 0.0910. The van der Waals surface area contributed by atoms with Crippen molar-refractivity contribution in [3.8, 4) is 11.3 Å². The highest BCUT2D eigenvalue weighted by atomic mass is 35.5. The predicted octanol–water partition coefficient (Wildman–Crippen LogP) is 3.22. The summed E-state index contributed by atoms with van der Waals surface area (Å²) in [4.78, 5) is 16.4. The molecule has 0 fully saturated rings. The Hall–Kier alpha value is -2.60. The number of hydrogen-bond acceptors (Lipinski definition) is 4. The molecule has 2 heterocycles. The molecular formula is C16H15ClN4O2. The van der Waals surface area contributed by atoms with E-state index in [1.165, 1.54) is 6.33 Å². The number of aryl methyl sites for hydroxylation is 1. The lowest BCUT2D eigenvalue weighted by Gasteiger charge is -2.11. The van der Waals surface area contributed by atoms with E-state index in [1.54, 1.807) is 29.9 Å². The zero-order valence-electron chi connectivity index (χ0n) is 12.7. The van der Waals surface area contributed by atoms with Crippen LogP contribution in [0, 0.1) is 0 Å². The summed E-state index contributed by atoms with van der Waals surface area (Å²) in [6.45, 7) is 1.83. The zero-order valence-corrected chi connectivity index (χ0v) is 13.4. The average molecular weight is 331 g/mol. The second-order valence-electron chi connectivity index (χ2n) is 5.08. The summed E-state index contributed by atoms with van der Waals surface area (Å²) in [6.07, 6.45) is 1.44. The molecule has 6 nitrogen and oxygen atoms in total. The van der Waals surface area contributed by atoms with Gasteiger partial charge in [-0.1, -0.05) is 23.7 Å². The first-order chi connectivity index (χ1) is 11.1. The fourth-order valence-corrected chi connectivity index (χ4v) is 2.52. The highest BCUT2D eigenvalue weighted by Crippen LogP contribution is 2.29. The maximum absolute atomic E-state index is 12.3. The molecule has 1 N–H and O–H groups in total. The number of nitrogens with zero attached hydrogens (tertiary/aromatic N) is 3. The molecule has 0 radical (unpaired) electrons. The van der Waals surface area contributed by atoms with E-state index in [9.17, 15) is 4.79 Å². The fraction of sp³-hybridized carbons (Fsp3) is 0.188. The molecular weight excluding hydrogens is 316 g/mol. The molecule has 23 heavy (non-hydrogen) atoms. The maximum atomic E-state index is 12.3. The molecule has 3 aromatic rings. The minimum atomic E-state index is -0.321. The first-order valence-electron chi connectivity index (χ1n) is 7.05. The molecule has 0 aliphatic carbocycles. The van der Waals surface area contributed by atoms with Crippen molar-refractivity contribution in [3.63, 3.8) is 0 Å². The van der Waals surface area contributed by atoms with Crippen LogP contribution in [0.4, 0.5) is 0 Å². The van der Waals surface area contributed by atoms with Crippen molar-refractivity contribution in [2.24, 2.45) is 7.05 Å². The van der Waals surface area contributed by atoms with Crippen molar-refractivity contribution in [2.45, 2.75) is 13.0 Å². The van der Waals surface area contributed by atoms with Crippen molar-refractivity contribution >= 4 is 17.5 Å². The van der Waals surface area contributed by atoms with Gasteiger partial charge in [0.05, 0.1) is 11.1 Å². The van der Waals surface area contributed by atoms with Crippen LogP contribution in [0.3, 0.4) is 0 Å². The van der Waals surface area contributed by atoms with E-state index in [2.05, 4.69) is 15.4 Å². The minimum absolute atomic E-state index is 0.217. The molecule has 118 valence electrons. The molecule has 2 aromatic heterocycles. The van der Waals surface area contributed by atoms with Gasteiger partial charge in [0.25, 0.3) is 5.91 Å². The summed E-state index contributed by atoms with van der Waals surface area (Å²) in [5, 5.41) is 7.39. The second kappa shape index (κ2) is 6.26. The van der Waals surface area contributed by atoms with E-state index in [1.807, 2.05) is 25.1 Å². The monoisotopic (exact) mass is 330 g/mol. The molecule has 1 aromatic carbocycles. The topological polar surface area (TPSA) is 73.0 Å². The molecule has 0 aliphatic heterocycles. The number of nitrogens with one attached hydrogen (secondary N) is 1. The van der Waals surface area contributed by atoms with Gasteiger partial charge in [-0.2, -0.15) is 5.10 Å². The van der Waals surface area contributed by atoms with Gasteiger partial charge in [-0.15, -0.1) is 0 Å². The van der Waals surface area contributed by atoms with Crippen molar-refractivity contribution in [1.82, 2.24) is 20.1 Å². The summed E-state index contributed by atoms with van der Waals surface area (Å²) in [5.41, 5.74) is 0.745. The number of furan rings is 1. The van der Waals surface area contributed by atoms with Gasteiger partial charge in [-0.25, -0.2) is 4.98 Å². The fourth-order valence-electron chi connectivity index (χ4n) is 2.30. The van der Waals surface area contributed by atoms with Gasteiger partial charge in [-0.3, -0.25) is 9.48 Å². The number of halogens is 1. The molecule has 0 bridgehead atoms. The molecule has 0 aliphatic rings. The average Bonchev–Trinajstić information content (AvgIpc) is 3.16. The van der Waals surface area contributed by atoms with E-state index in [-0.39, 0.29) is 17.7 Å². The Bertz CT molecular complexity index is 840. The van der Waals surface area contributed by atoms with Gasteiger partial charge < -0.3 is 9.73 Å². The molecule has 1 atom stereocenters. The third kappa shape index (κ3) is 3.12. The number of hydrogen-bond donors (Lipinski definition) is 1. The molecule has 3 rings (SSSR count). The standard InChI is InChI=1S/C16H15ClN4O2/c1-10(15-18-9-19-21(15)2)20-16(22)14-8-7-13(23-14)11-5-3-4-6-12(11)17/h3-10H,1-2H3,(H,20,22)/t10-/m0/s1. The molecule has 1 amide bonds. The Labute approximate surface area is 138 Å². The van der Waals surface area contributed by atoms with Crippen LogP contribution >= 0.6 is 11.6 Å². The lowest BCUT2D eigenvalue weighted by Crippen LogP contribution is -2.28. The van der Waals surface area contributed by atoms with Crippen LogP contribution in [-0.4, -0.2) is 20.7 Å². The Morgan fingerprint density at radius 1 is 1.30 bits per heavy atom. The number of carbonyl (C=O) groups is 1. The first kappa shape index (κ1) is 15.3. The number of amides is 1. The van der Waals surface area contributed by atoms with Crippen LogP contribution in [0.25, 0.3) is 11.3 Å². The van der Waals surface area contributed by atoms with Crippen LogP contribution in [0.1, 0.15) is 29.3 Å². The quantitative estimate of drug-likeness (QED) is 0.797. The number of rotatable bonds is 4. The van der Waals surface area contributed by atoms with Gasteiger partial charge in [-0.05, 0) is 31.2 Å². The predicted molar refractivity (Wildman–Crippen MR) is 86.0 cm³/mol. The first-order valence-corrected chi connectivity index (χ1v) is 7.43. The van der Waals surface area contributed by atoms with Crippen molar-refractivity contribution < 1.29 is 9.21 Å². The largest absolute Gasteiger partial charge is 0.451 e. The van der Waals surface area contributed by atoms with E-state index in [0.717, 1.165) is 5.56 Å². The maximum Gasteiger partial charge on any atom is 0.287 e. The molecule has 0 saturated carbocycles. The third-order valence-corrected chi connectivity index (χ3v) is 3.78. The summed E-state index contributed by atoms with van der Waals surface area (Å²) in [7, 11) is 1.77. The number of aromatic nitrogens is 3. The van der Waals surface area contributed by atoms with Crippen LogP contribution in [0.2, 0.25) is 5.02 Å². The van der Waals surface area contributed by atoms with Crippen molar-refractivity contribution in [1.29, 1.82) is 0 Å². The van der Waals surface area contributed by atoms with Crippen molar-refractivity contribution in [3.05, 3.63) is 59.3 Å². The third-order valence-electron chi connectivity index (χ3n) is 3.45. The van der Waals surface area contributed by atoms with Crippen LogP contribution in [0.15, 0.2) is 47.1 Å². The Balaban J connectivity index is 1.77. The zero-order chi connectivity index (χ0) is 16.4. The minimum Gasteiger partial charge on any atom is -0.451 e. The smallest absolute Gasteiger partial charge is 0.287 e. The summed E-state index contributed by atoms with van der Waals surface area (Å²) < 4.78 is 7.23.